The quantitative estimate of drug-likeness (QED) is 0.718. The van der Waals surface area contributed by atoms with E-state index in [9.17, 15) is 5.26 Å². The fourth-order valence-electron chi connectivity index (χ4n) is 4.48. The van der Waals surface area contributed by atoms with Crippen LogP contribution in [0.25, 0.3) is 16.7 Å². The lowest BCUT2D eigenvalue weighted by atomic mass is 10.1. The van der Waals surface area contributed by atoms with Crippen LogP contribution in [0.3, 0.4) is 0 Å². The highest BCUT2D eigenvalue weighted by Gasteiger charge is 2.24. The highest BCUT2D eigenvalue weighted by molar-refractivity contribution is 5.94. The summed E-state index contributed by atoms with van der Waals surface area (Å²) < 4.78 is 7.43. The topological polar surface area (TPSA) is 80.1 Å². The standard InChI is InChI=1S/C23H27N5O/c1-14-8-9-20(29-4)15(2)21(14)28-22(25)18(13-24)17-12-19(16(3)26-23(17)28)27-10-6-5-7-11-27/h8-9,12H,5-7,10-11,25H2,1-4H3. The van der Waals surface area contributed by atoms with E-state index < -0.39 is 0 Å². The highest BCUT2D eigenvalue weighted by Crippen LogP contribution is 2.38. The number of hydrogen-bond acceptors (Lipinski definition) is 5. The number of ether oxygens (including phenoxy) is 1. The van der Waals surface area contributed by atoms with Gasteiger partial charge >= 0.3 is 0 Å². The predicted octanol–water partition coefficient (Wildman–Crippen LogP) is 4.40. The molecule has 29 heavy (non-hydrogen) atoms. The van der Waals surface area contributed by atoms with Crippen LogP contribution >= 0.6 is 0 Å². The maximum Gasteiger partial charge on any atom is 0.147 e. The van der Waals surface area contributed by atoms with E-state index in [1.165, 1.54) is 19.3 Å². The van der Waals surface area contributed by atoms with Gasteiger partial charge in [0.1, 0.15) is 28.8 Å². The molecule has 2 N–H and O–H groups in total. The van der Waals surface area contributed by atoms with Gasteiger partial charge in [0.15, 0.2) is 0 Å². The van der Waals surface area contributed by atoms with Crippen LogP contribution in [0.15, 0.2) is 18.2 Å². The van der Waals surface area contributed by atoms with Crippen LogP contribution in [0.4, 0.5) is 11.5 Å². The van der Waals surface area contributed by atoms with E-state index in [4.69, 9.17) is 15.5 Å². The third-order valence-electron chi connectivity index (χ3n) is 5.98. The average Bonchev–Trinajstić information content (AvgIpc) is 2.99. The van der Waals surface area contributed by atoms with Gasteiger partial charge in [0.2, 0.25) is 0 Å². The van der Waals surface area contributed by atoms with Crippen LogP contribution < -0.4 is 15.4 Å². The van der Waals surface area contributed by atoms with Gasteiger partial charge in [-0.15, -0.1) is 0 Å². The highest BCUT2D eigenvalue weighted by atomic mass is 16.5. The first-order chi connectivity index (χ1) is 14.0. The molecule has 0 aliphatic carbocycles. The number of aromatic nitrogens is 2. The molecule has 1 aliphatic heterocycles. The first-order valence-corrected chi connectivity index (χ1v) is 10.1. The molecule has 0 atom stereocenters. The van der Waals surface area contributed by atoms with Gasteiger partial charge in [0.25, 0.3) is 0 Å². The molecule has 0 radical (unpaired) electrons. The van der Waals surface area contributed by atoms with E-state index in [1.807, 2.05) is 37.5 Å². The predicted molar refractivity (Wildman–Crippen MR) is 117 cm³/mol. The molecule has 3 aromatic rings. The number of anilines is 2. The van der Waals surface area contributed by atoms with Crippen LogP contribution in [0, 0.1) is 32.1 Å². The maximum absolute atomic E-state index is 9.88. The van der Waals surface area contributed by atoms with E-state index in [-0.39, 0.29) is 0 Å². The van der Waals surface area contributed by atoms with Crippen LogP contribution in [-0.2, 0) is 0 Å². The van der Waals surface area contributed by atoms with Gasteiger partial charge in [-0.25, -0.2) is 4.98 Å². The summed E-state index contributed by atoms with van der Waals surface area (Å²) in [6, 6.07) is 8.37. The lowest BCUT2D eigenvalue weighted by molar-refractivity contribution is 0.411. The number of nitriles is 1. The van der Waals surface area contributed by atoms with Gasteiger partial charge in [0.05, 0.1) is 24.2 Å². The summed E-state index contributed by atoms with van der Waals surface area (Å²) >= 11 is 0. The van der Waals surface area contributed by atoms with Gasteiger partial charge in [-0.1, -0.05) is 6.07 Å². The lowest BCUT2D eigenvalue weighted by Crippen LogP contribution is -2.30. The summed E-state index contributed by atoms with van der Waals surface area (Å²) in [6.45, 7) is 8.14. The van der Waals surface area contributed by atoms with E-state index in [0.717, 1.165) is 58.1 Å². The first-order valence-electron chi connectivity index (χ1n) is 10.1. The largest absolute Gasteiger partial charge is 0.496 e. The molecule has 1 fully saturated rings. The summed E-state index contributed by atoms with van der Waals surface area (Å²) in [7, 11) is 1.66. The molecule has 1 aliphatic rings. The summed E-state index contributed by atoms with van der Waals surface area (Å²) in [6.07, 6.45) is 3.65. The van der Waals surface area contributed by atoms with Crippen molar-refractivity contribution in [3.63, 3.8) is 0 Å². The van der Waals surface area contributed by atoms with Crippen molar-refractivity contribution in [3.8, 4) is 17.5 Å². The molecule has 1 saturated heterocycles. The Bertz CT molecular complexity index is 1130. The van der Waals surface area contributed by atoms with Crippen molar-refractivity contribution in [2.75, 3.05) is 30.8 Å². The molecule has 0 bridgehead atoms. The molecular formula is C23H27N5O. The molecule has 0 unspecified atom stereocenters. The number of aryl methyl sites for hydroxylation is 2. The maximum atomic E-state index is 9.88. The van der Waals surface area contributed by atoms with Crippen LogP contribution in [0.1, 0.15) is 41.6 Å². The van der Waals surface area contributed by atoms with Crippen LogP contribution in [0.2, 0.25) is 0 Å². The number of pyridine rings is 1. The van der Waals surface area contributed by atoms with Crippen LogP contribution in [0.5, 0.6) is 5.75 Å². The fraction of sp³-hybridized carbons (Fsp3) is 0.391. The smallest absolute Gasteiger partial charge is 0.147 e. The van der Waals surface area contributed by atoms with Crippen LogP contribution in [-0.4, -0.2) is 29.8 Å². The summed E-state index contributed by atoms with van der Waals surface area (Å²) in [5.74, 6) is 1.21. The number of hydrogen-bond donors (Lipinski definition) is 1. The minimum atomic E-state index is 0.421. The Labute approximate surface area is 171 Å². The zero-order valence-corrected chi connectivity index (χ0v) is 17.5. The molecule has 6 nitrogen and oxygen atoms in total. The van der Waals surface area contributed by atoms with Gasteiger partial charge in [0, 0.05) is 24.0 Å². The third kappa shape index (κ3) is 2.98. The molecule has 0 spiro atoms. The Morgan fingerprint density at radius 3 is 2.52 bits per heavy atom. The normalized spacial score (nSPS) is 14.2. The SMILES string of the molecule is COc1ccc(C)c(-n2c(N)c(C#N)c3cc(N4CCCCC4)c(C)nc32)c1C. The van der Waals surface area contributed by atoms with Crippen molar-refractivity contribution < 1.29 is 4.74 Å². The monoisotopic (exact) mass is 389 g/mol. The Morgan fingerprint density at radius 2 is 1.86 bits per heavy atom. The Balaban J connectivity index is 2.01. The molecule has 3 heterocycles. The number of fused-ring (bicyclic) bond motifs is 1. The van der Waals surface area contributed by atoms with E-state index in [0.29, 0.717) is 11.4 Å². The van der Waals surface area contributed by atoms with E-state index in [2.05, 4.69) is 17.0 Å². The molecule has 1 aromatic carbocycles. The van der Waals surface area contributed by atoms with Crippen molar-refractivity contribution >= 4 is 22.5 Å². The molecule has 0 amide bonds. The third-order valence-corrected chi connectivity index (χ3v) is 5.98. The molecule has 150 valence electrons. The Kier molecular flexibility index (Phi) is 4.83. The van der Waals surface area contributed by atoms with Gasteiger partial charge < -0.3 is 15.4 Å². The second-order valence-corrected chi connectivity index (χ2v) is 7.78. The minimum Gasteiger partial charge on any atom is -0.496 e. The Morgan fingerprint density at radius 1 is 1.14 bits per heavy atom. The second-order valence-electron chi connectivity index (χ2n) is 7.78. The van der Waals surface area contributed by atoms with E-state index >= 15 is 0 Å². The Hall–Kier alpha value is -3.20. The van der Waals surface area contributed by atoms with Gasteiger partial charge in [-0.05, 0) is 57.7 Å². The van der Waals surface area contributed by atoms with Crippen molar-refractivity contribution in [1.29, 1.82) is 5.26 Å². The zero-order chi connectivity index (χ0) is 20.7. The fourth-order valence-corrected chi connectivity index (χ4v) is 4.48. The minimum absolute atomic E-state index is 0.421. The zero-order valence-electron chi connectivity index (χ0n) is 17.5. The summed E-state index contributed by atoms with van der Waals surface area (Å²) in [4.78, 5) is 7.32. The van der Waals surface area contributed by atoms with Gasteiger partial charge in [-0.2, -0.15) is 5.26 Å². The number of nitrogens with zero attached hydrogens (tertiary/aromatic N) is 4. The van der Waals surface area contributed by atoms with Crippen molar-refractivity contribution in [2.24, 2.45) is 0 Å². The number of rotatable bonds is 3. The molecule has 4 rings (SSSR count). The molecule has 6 heteroatoms. The number of nitrogens with two attached hydrogens (primary N) is 1. The number of benzene rings is 1. The summed E-state index contributed by atoms with van der Waals surface area (Å²) in [5.41, 5.74) is 12.7. The first kappa shape index (κ1) is 19.1. The average molecular weight is 390 g/mol. The molecule has 0 saturated carbocycles. The van der Waals surface area contributed by atoms with E-state index in [1.54, 1.807) is 7.11 Å². The number of piperidine rings is 1. The van der Waals surface area contributed by atoms with Crippen molar-refractivity contribution in [3.05, 3.63) is 40.6 Å². The lowest BCUT2D eigenvalue weighted by Gasteiger charge is -2.29. The van der Waals surface area contributed by atoms with Crippen molar-refractivity contribution in [1.82, 2.24) is 9.55 Å². The second kappa shape index (κ2) is 7.32. The number of nitrogen functional groups attached to an aromatic ring is 1. The molecular weight excluding hydrogens is 362 g/mol. The van der Waals surface area contributed by atoms with Crippen molar-refractivity contribution in [2.45, 2.75) is 40.0 Å². The summed E-state index contributed by atoms with van der Waals surface area (Å²) in [5, 5.41) is 10.7. The number of methoxy groups -OCH3 is 1. The van der Waals surface area contributed by atoms with Gasteiger partial charge in [-0.3, -0.25) is 4.57 Å². The molecule has 2 aromatic heterocycles.